The summed E-state index contributed by atoms with van der Waals surface area (Å²) in [6.45, 7) is 4.41. The van der Waals surface area contributed by atoms with Crippen LogP contribution >= 0.6 is 0 Å². The topological polar surface area (TPSA) is 71.1 Å². The fourth-order valence-electron chi connectivity index (χ4n) is 4.24. The van der Waals surface area contributed by atoms with Crippen molar-refractivity contribution in [2.45, 2.75) is 63.8 Å². The number of esters is 2. The van der Waals surface area contributed by atoms with Gasteiger partial charge < -0.3 is 18.9 Å². The summed E-state index contributed by atoms with van der Waals surface area (Å²) in [5.41, 5.74) is 0.248. The molecule has 0 aliphatic carbocycles. The van der Waals surface area contributed by atoms with Crippen molar-refractivity contribution in [3.63, 3.8) is 0 Å². The van der Waals surface area contributed by atoms with Crippen LogP contribution in [-0.4, -0.2) is 36.9 Å². The lowest BCUT2D eigenvalue weighted by molar-refractivity contribution is -0.150. The fourth-order valence-corrected chi connectivity index (χ4v) is 4.24. The summed E-state index contributed by atoms with van der Waals surface area (Å²) in [6.07, 6.45) is 3.48. The minimum Gasteiger partial charge on any atom is -0.465 e. The molecule has 6 heteroatoms. The number of carbonyl (C=O) groups is 2. The van der Waals surface area contributed by atoms with Gasteiger partial charge in [-0.05, 0) is 38.2 Å². The highest BCUT2D eigenvalue weighted by Gasteiger charge is 2.56. The average molecular weight is 388 g/mol. The van der Waals surface area contributed by atoms with Crippen molar-refractivity contribution in [1.29, 1.82) is 0 Å². The van der Waals surface area contributed by atoms with E-state index in [4.69, 9.17) is 18.9 Å². The van der Waals surface area contributed by atoms with Gasteiger partial charge in [-0.1, -0.05) is 30.3 Å². The van der Waals surface area contributed by atoms with Crippen molar-refractivity contribution in [3.8, 4) is 0 Å². The van der Waals surface area contributed by atoms with Crippen LogP contribution in [0.3, 0.4) is 0 Å². The Kier molecular flexibility index (Phi) is 6.20. The molecule has 0 aromatic heterocycles. The van der Waals surface area contributed by atoms with E-state index in [1.54, 1.807) is 0 Å². The van der Waals surface area contributed by atoms with E-state index >= 15 is 0 Å². The Bertz CT molecular complexity index is 756. The third kappa shape index (κ3) is 4.45. The number of carbonyl (C=O) groups excluding carboxylic acids is 2. The first-order valence-corrected chi connectivity index (χ1v) is 9.70. The highest BCUT2D eigenvalue weighted by atomic mass is 16.6. The van der Waals surface area contributed by atoms with Gasteiger partial charge in [-0.25, -0.2) is 4.79 Å². The third-order valence-corrected chi connectivity index (χ3v) is 5.48. The maximum Gasteiger partial charge on any atom is 0.340 e. The maximum atomic E-state index is 12.3. The number of ether oxygens (including phenoxy) is 4. The molecule has 1 aromatic rings. The molecule has 2 atom stereocenters. The summed E-state index contributed by atoms with van der Waals surface area (Å²) in [6, 6.07) is 10.0. The summed E-state index contributed by atoms with van der Waals surface area (Å²) in [5.74, 6) is -0.557. The van der Waals surface area contributed by atoms with Crippen LogP contribution in [0.5, 0.6) is 0 Å². The maximum absolute atomic E-state index is 12.3. The van der Waals surface area contributed by atoms with E-state index in [-0.39, 0.29) is 0 Å². The molecule has 1 aromatic carbocycles. The molecule has 0 N–H and O–H groups in total. The Morgan fingerprint density at radius 3 is 2.61 bits per heavy atom. The Labute approximate surface area is 165 Å². The van der Waals surface area contributed by atoms with Gasteiger partial charge in [-0.15, -0.1) is 0 Å². The van der Waals surface area contributed by atoms with Gasteiger partial charge in [-0.2, -0.15) is 0 Å². The zero-order valence-corrected chi connectivity index (χ0v) is 16.8. The van der Waals surface area contributed by atoms with Gasteiger partial charge in [0.1, 0.15) is 16.9 Å². The van der Waals surface area contributed by atoms with Crippen LogP contribution in [0.1, 0.15) is 51.5 Å². The second kappa shape index (κ2) is 8.45. The zero-order valence-electron chi connectivity index (χ0n) is 16.8. The number of methoxy groups -OCH3 is 1. The lowest BCUT2D eigenvalue weighted by Crippen LogP contribution is -2.43. The first-order valence-electron chi connectivity index (χ1n) is 9.70. The monoisotopic (exact) mass is 388 g/mol. The van der Waals surface area contributed by atoms with Gasteiger partial charge in [0.05, 0.1) is 19.3 Å². The Morgan fingerprint density at radius 1 is 1.18 bits per heavy atom. The predicted octanol–water partition coefficient (Wildman–Crippen LogP) is 3.69. The zero-order chi connectivity index (χ0) is 20.2. The molecule has 2 aliphatic rings. The molecule has 3 rings (SSSR count). The molecule has 1 saturated heterocycles. The van der Waals surface area contributed by atoms with Crippen LogP contribution in [0.25, 0.3) is 0 Å². The third-order valence-electron chi connectivity index (χ3n) is 5.48. The van der Waals surface area contributed by atoms with Crippen molar-refractivity contribution >= 4 is 11.9 Å². The minimum absolute atomic E-state index is 0.332. The van der Waals surface area contributed by atoms with Crippen molar-refractivity contribution in [2.75, 3.05) is 13.7 Å². The van der Waals surface area contributed by atoms with E-state index in [2.05, 4.69) is 0 Å². The number of hydrogen-bond acceptors (Lipinski definition) is 6. The number of benzene rings is 1. The van der Waals surface area contributed by atoms with Crippen molar-refractivity contribution < 1.29 is 28.5 Å². The predicted molar refractivity (Wildman–Crippen MR) is 102 cm³/mol. The Balaban J connectivity index is 1.63. The molecule has 0 radical (unpaired) electrons. The molecule has 28 heavy (non-hydrogen) atoms. The Morgan fingerprint density at radius 2 is 1.93 bits per heavy atom. The molecule has 1 fully saturated rings. The molecule has 2 heterocycles. The average Bonchev–Trinajstić information content (AvgIpc) is 2.93. The van der Waals surface area contributed by atoms with E-state index < -0.39 is 23.1 Å². The minimum atomic E-state index is -0.791. The quantitative estimate of drug-likeness (QED) is 0.500. The Hall–Kier alpha value is -2.18. The van der Waals surface area contributed by atoms with Gasteiger partial charge in [0.25, 0.3) is 0 Å². The molecular formula is C22H28O6. The van der Waals surface area contributed by atoms with Crippen molar-refractivity contribution in [1.82, 2.24) is 0 Å². The van der Waals surface area contributed by atoms with Crippen LogP contribution in [0.2, 0.25) is 0 Å². The summed E-state index contributed by atoms with van der Waals surface area (Å²) in [5, 5.41) is 0. The van der Waals surface area contributed by atoms with E-state index in [1.807, 2.05) is 37.3 Å². The first-order chi connectivity index (χ1) is 13.4. The van der Waals surface area contributed by atoms with Crippen LogP contribution in [0, 0.1) is 0 Å². The number of fused-ring (bicyclic) bond motifs is 2. The van der Waals surface area contributed by atoms with Crippen LogP contribution in [0.4, 0.5) is 0 Å². The molecule has 0 amide bonds. The highest BCUT2D eigenvalue weighted by molar-refractivity contribution is 5.92. The first kappa shape index (κ1) is 20.6. The summed E-state index contributed by atoms with van der Waals surface area (Å²) >= 11 is 0. The second-order valence-electron chi connectivity index (χ2n) is 7.72. The molecule has 0 saturated carbocycles. The van der Waals surface area contributed by atoms with Gasteiger partial charge >= 0.3 is 11.9 Å². The van der Waals surface area contributed by atoms with E-state index in [0.717, 1.165) is 24.8 Å². The standard InChI is InChI=1S/C22H28O6/c1-16(23)27-18-14-22(10-7-13-26-15-17-8-5-4-6-9-17)12-11-21(2,28-22)19(18)20(24)25-3/h4-6,8-9H,7,10-15H2,1-3H3/t21-,22+/m1/s1. The van der Waals surface area contributed by atoms with Gasteiger partial charge in [-0.3, -0.25) is 4.79 Å². The van der Waals surface area contributed by atoms with E-state index in [9.17, 15) is 9.59 Å². The van der Waals surface area contributed by atoms with Crippen molar-refractivity contribution in [3.05, 3.63) is 47.2 Å². The lowest BCUT2D eigenvalue weighted by Gasteiger charge is -2.39. The van der Waals surface area contributed by atoms with Gasteiger partial charge in [0.15, 0.2) is 0 Å². The molecule has 0 spiro atoms. The van der Waals surface area contributed by atoms with Crippen molar-refractivity contribution in [2.24, 2.45) is 0 Å². The molecule has 2 aliphatic heterocycles. The normalized spacial score (nSPS) is 26.2. The van der Waals surface area contributed by atoms with E-state index in [1.165, 1.54) is 14.0 Å². The summed E-state index contributed by atoms with van der Waals surface area (Å²) in [4.78, 5) is 23.9. The van der Waals surface area contributed by atoms with Crippen LogP contribution in [-0.2, 0) is 35.1 Å². The fraction of sp³-hybridized carbons (Fsp3) is 0.545. The molecule has 0 unspecified atom stereocenters. The van der Waals surface area contributed by atoms with E-state index in [0.29, 0.717) is 37.4 Å². The molecule has 152 valence electrons. The van der Waals surface area contributed by atoms with Gasteiger partial charge in [0, 0.05) is 20.0 Å². The molecule has 6 nitrogen and oxygen atoms in total. The summed E-state index contributed by atoms with van der Waals surface area (Å²) < 4.78 is 22.5. The van der Waals surface area contributed by atoms with Crippen LogP contribution in [0.15, 0.2) is 41.7 Å². The highest BCUT2D eigenvalue weighted by Crippen LogP contribution is 2.53. The summed E-state index contributed by atoms with van der Waals surface area (Å²) in [7, 11) is 1.32. The van der Waals surface area contributed by atoms with Gasteiger partial charge in [0.2, 0.25) is 0 Å². The largest absolute Gasteiger partial charge is 0.465 e. The lowest BCUT2D eigenvalue weighted by atomic mass is 9.88. The molecule has 2 bridgehead atoms. The smallest absolute Gasteiger partial charge is 0.340 e. The number of hydrogen-bond donors (Lipinski definition) is 0. The van der Waals surface area contributed by atoms with Crippen LogP contribution < -0.4 is 0 Å². The molecular weight excluding hydrogens is 360 g/mol. The second-order valence-corrected chi connectivity index (χ2v) is 7.72. The SMILES string of the molecule is COC(=O)C1=C(OC(C)=O)C[C@]2(CCCOCc3ccccc3)CC[C@@]1(C)O2. The number of rotatable bonds is 8.